The maximum Gasteiger partial charge on any atom is 0.193 e. The van der Waals surface area contributed by atoms with E-state index in [9.17, 15) is 5.11 Å². The van der Waals surface area contributed by atoms with Crippen molar-refractivity contribution in [2.75, 3.05) is 0 Å². The van der Waals surface area contributed by atoms with E-state index in [2.05, 4.69) is 58.6 Å². The molecule has 0 amide bonds. The lowest BCUT2D eigenvalue weighted by Gasteiger charge is -2.39. The van der Waals surface area contributed by atoms with Crippen molar-refractivity contribution in [2.45, 2.75) is 78.3 Å². The molecule has 1 rings (SSSR count). The molecule has 0 saturated heterocycles. The highest BCUT2D eigenvalue weighted by molar-refractivity contribution is 7.09. The van der Waals surface area contributed by atoms with Crippen LogP contribution in [0.4, 0.5) is 0 Å². The number of rotatable bonds is 7. The quantitative estimate of drug-likeness (QED) is 0.507. The van der Waals surface area contributed by atoms with Gasteiger partial charge in [-0.3, -0.25) is 0 Å². The second-order valence-corrected chi connectivity index (χ2v) is 14.2. The monoisotopic (exact) mass is 367 g/mol. The molecule has 0 aliphatic carbocycles. The molecule has 0 aliphatic heterocycles. The Morgan fingerprint density at radius 3 is 2.38 bits per heavy atom. The summed E-state index contributed by atoms with van der Waals surface area (Å²) in [6, 6.07) is 0. The summed E-state index contributed by atoms with van der Waals surface area (Å²) in [6.07, 6.45) is 5.62. The average molecular weight is 368 g/mol. The number of nitrogens with zero attached hydrogens (tertiary/aromatic N) is 1. The molecule has 3 nitrogen and oxygen atoms in total. The highest BCUT2D eigenvalue weighted by Gasteiger charge is 2.40. The summed E-state index contributed by atoms with van der Waals surface area (Å²) in [5.41, 5.74) is 0.660. The Balaban J connectivity index is 3.06. The van der Waals surface area contributed by atoms with Gasteiger partial charge in [0.1, 0.15) is 11.1 Å². The topological polar surface area (TPSA) is 42.4 Å². The van der Waals surface area contributed by atoms with Crippen LogP contribution < -0.4 is 0 Å². The molecular weight excluding hydrogens is 334 g/mol. The van der Waals surface area contributed by atoms with Crippen LogP contribution in [-0.4, -0.2) is 18.4 Å². The predicted molar refractivity (Wildman–Crippen MR) is 106 cm³/mol. The minimum Gasteiger partial charge on any atom is -0.407 e. The first-order valence-electron chi connectivity index (χ1n) is 8.66. The number of hydrogen-bond donors (Lipinski definition) is 1. The van der Waals surface area contributed by atoms with Crippen molar-refractivity contribution in [1.29, 1.82) is 0 Å². The molecular formula is C19H33NO2SSi. The summed E-state index contributed by atoms with van der Waals surface area (Å²) in [7, 11) is -1.89. The van der Waals surface area contributed by atoms with Crippen LogP contribution in [0.1, 0.15) is 70.9 Å². The SMILES string of the molecule is C#C[C@H](C)[C@H](O)c1csc([C@H](CC(C)C)O[Si](C)(C)C(C)(C)C)n1. The number of aromatic nitrogens is 1. The van der Waals surface area contributed by atoms with Gasteiger partial charge in [-0.1, -0.05) is 34.6 Å². The third kappa shape index (κ3) is 5.42. The number of hydrogen-bond acceptors (Lipinski definition) is 4. The van der Waals surface area contributed by atoms with Crippen molar-refractivity contribution in [3.63, 3.8) is 0 Å². The summed E-state index contributed by atoms with van der Waals surface area (Å²) >= 11 is 1.56. The molecule has 0 aromatic carbocycles. The van der Waals surface area contributed by atoms with E-state index >= 15 is 0 Å². The van der Waals surface area contributed by atoms with Crippen LogP contribution in [-0.2, 0) is 4.43 Å². The van der Waals surface area contributed by atoms with Crippen molar-refractivity contribution < 1.29 is 9.53 Å². The van der Waals surface area contributed by atoms with Gasteiger partial charge in [0.2, 0.25) is 0 Å². The van der Waals surface area contributed by atoms with E-state index in [0.717, 1.165) is 11.4 Å². The van der Waals surface area contributed by atoms with Gasteiger partial charge in [-0.15, -0.1) is 23.7 Å². The number of thiazole rings is 1. The van der Waals surface area contributed by atoms with Gasteiger partial charge in [0.25, 0.3) is 0 Å². The van der Waals surface area contributed by atoms with Gasteiger partial charge in [0.05, 0.1) is 11.8 Å². The van der Waals surface area contributed by atoms with Gasteiger partial charge in [0.15, 0.2) is 8.32 Å². The van der Waals surface area contributed by atoms with Crippen molar-refractivity contribution in [3.05, 3.63) is 16.1 Å². The molecule has 0 saturated carbocycles. The molecule has 1 aromatic heterocycles. The Bertz CT molecular complexity index is 569. The van der Waals surface area contributed by atoms with Crippen LogP contribution in [0.25, 0.3) is 0 Å². The minimum absolute atomic E-state index is 0.0158. The van der Waals surface area contributed by atoms with Crippen LogP contribution in [0.2, 0.25) is 18.1 Å². The van der Waals surface area contributed by atoms with Crippen molar-refractivity contribution in [2.24, 2.45) is 11.8 Å². The maximum absolute atomic E-state index is 10.3. The fourth-order valence-electron chi connectivity index (χ4n) is 2.09. The van der Waals surface area contributed by atoms with Crippen LogP contribution in [0.15, 0.2) is 5.38 Å². The first kappa shape index (κ1) is 21.4. The van der Waals surface area contributed by atoms with Crippen LogP contribution >= 0.6 is 11.3 Å². The normalized spacial score (nSPS) is 16.7. The third-order valence-corrected chi connectivity index (χ3v) is 10.2. The molecule has 0 bridgehead atoms. The summed E-state index contributed by atoms with van der Waals surface area (Å²) in [6.45, 7) is 17.5. The molecule has 1 N–H and O–H groups in total. The van der Waals surface area contributed by atoms with E-state index in [-0.39, 0.29) is 17.1 Å². The van der Waals surface area contributed by atoms with Crippen molar-refractivity contribution in [1.82, 2.24) is 4.98 Å². The van der Waals surface area contributed by atoms with Crippen molar-refractivity contribution >= 4 is 19.7 Å². The summed E-state index contributed by atoms with van der Waals surface area (Å²) in [5, 5.41) is 13.3. The third-order valence-electron chi connectivity index (χ3n) is 4.78. The predicted octanol–water partition coefficient (Wildman–Crippen LogP) is 5.55. The Labute approximate surface area is 153 Å². The first-order valence-corrected chi connectivity index (χ1v) is 12.4. The summed E-state index contributed by atoms with van der Waals surface area (Å²) in [4.78, 5) is 4.67. The van der Waals surface area contributed by atoms with Crippen molar-refractivity contribution in [3.8, 4) is 12.3 Å². The van der Waals surface area contributed by atoms with Gasteiger partial charge in [0, 0.05) is 11.3 Å². The molecule has 0 spiro atoms. The fourth-order valence-corrected chi connectivity index (χ4v) is 4.34. The molecule has 1 aromatic rings. The minimum atomic E-state index is -1.89. The average Bonchev–Trinajstić information content (AvgIpc) is 2.92. The molecule has 0 radical (unpaired) electrons. The highest BCUT2D eigenvalue weighted by Crippen LogP contribution is 2.42. The first-order chi connectivity index (χ1) is 10.9. The molecule has 5 heteroatoms. The number of aliphatic hydroxyl groups excluding tert-OH is 1. The summed E-state index contributed by atoms with van der Waals surface area (Å²) in [5.74, 6) is 2.85. The van der Waals surface area contributed by atoms with Gasteiger partial charge < -0.3 is 9.53 Å². The van der Waals surface area contributed by atoms with Crippen LogP contribution in [0.5, 0.6) is 0 Å². The molecule has 0 aliphatic rings. The van der Waals surface area contributed by atoms with Gasteiger partial charge in [-0.25, -0.2) is 4.98 Å². The maximum atomic E-state index is 10.3. The van der Waals surface area contributed by atoms with E-state index in [1.54, 1.807) is 11.3 Å². The van der Waals surface area contributed by atoms with E-state index in [0.29, 0.717) is 11.6 Å². The molecule has 0 unspecified atom stereocenters. The Kier molecular flexibility index (Phi) is 7.25. The van der Waals surface area contributed by atoms with Gasteiger partial charge in [-0.2, -0.15) is 0 Å². The fraction of sp³-hybridized carbons (Fsp3) is 0.737. The standard InChI is InChI=1S/C19H33NO2SSi/c1-10-14(4)17(21)15-12-23-18(20-15)16(11-13(2)3)22-24(8,9)19(5,6)7/h1,12-14,16-17,21H,11H2,2-9H3/t14-,16-,17-/m0/s1. The largest absolute Gasteiger partial charge is 0.407 e. The van der Waals surface area contributed by atoms with E-state index in [4.69, 9.17) is 10.8 Å². The molecule has 3 atom stereocenters. The highest BCUT2D eigenvalue weighted by atomic mass is 32.1. The Morgan fingerprint density at radius 1 is 1.33 bits per heavy atom. The van der Waals surface area contributed by atoms with Gasteiger partial charge in [-0.05, 0) is 37.4 Å². The second kappa shape index (κ2) is 8.14. The van der Waals surface area contributed by atoms with Gasteiger partial charge >= 0.3 is 0 Å². The number of terminal acetylenes is 1. The lowest BCUT2D eigenvalue weighted by atomic mass is 10.0. The zero-order valence-electron chi connectivity index (χ0n) is 16.4. The molecule has 24 heavy (non-hydrogen) atoms. The summed E-state index contributed by atoms with van der Waals surface area (Å²) < 4.78 is 6.64. The van der Waals surface area contributed by atoms with E-state index < -0.39 is 14.4 Å². The Morgan fingerprint density at radius 2 is 1.92 bits per heavy atom. The van der Waals surface area contributed by atoms with Crippen LogP contribution in [0, 0.1) is 24.2 Å². The van der Waals surface area contributed by atoms with E-state index in [1.807, 2.05) is 12.3 Å². The zero-order chi connectivity index (χ0) is 18.7. The lowest BCUT2D eigenvalue weighted by molar-refractivity contribution is 0.136. The Hall–Kier alpha value is -0.673. The number of aliphatic hydroxyl groups is 1. The smallest absolute Gasteiger partial charge is 0.193 e. The molecule has 1 heterocycles. The zero-order valence-corrected chi connectivity index (χ0v) is 18.2. The molecule has 0 fully saturated rings. The van der Waals surface area contributed by atoms with E-state index in [1.165, 1.54) is 0 Å². The lowest BCUT2D eigenvalue weighted by Crippen LogP contribution is -2.42. The van der Waals surface area contributed by atoms with Crippen LogP contribution in [0.3, 0.4) is 0 Å². The second-order valence-electron chi connectivity index (χ2n) is 8.51. The molecule has 136 valence electrons.